The molecule has 2 aromatic rings. The van der Waals surface area contributed by atoms with Crippen LogP contribution < -0.4 is 16.4 Å². The van der Waals surface area contributed by atoms with E-state index in [0.717, 1.165) is 62.7 Å². The average Bonchev–Trinajstić information content (AvgIpc) is 3.30. The lowest BCUT2D eigenvalue weighted by molar-refractivity contribution is -0.137. The van der Waals surface area contributed by atoms with Gasteiger partial charge in [-0.3, -0.25) is 23.9 Å². The molecule has 2 fully saturated rings. The number of aromatic nitrogens is 2. The fourth-order valence-corrected chi connectivity index (χ4v) is 6.45. The summed E-state index contributed by atoms with van der Waals surface area (Å²) >= 11 is 0. The van der Waals surface area contributed by atoms with Gasteiger partial charge in [0.15, 0.2) is 0 Å². The molecule has 1 saturated carbocycles. The van der Waals surface area contributed by atoms with Gasteiger partial charge in [-0.1, -0.05) is 56.9 Å². The molecule has 2 heterocycles. The van der Waals surface area contributed by atoms with E-state index < -0.39 is 17.9 Å². The van der Waals surface area contributed by atoms with Crippen LogP contribution in [-0.2, 0) is 27.3 Å². The Kier molecular flexibility index (Phi) is 12.2. The largest absolute Gasteiger partial charge is 0.364 e. The van der Waals surface area contributed by atoms with E-state index >= 15 is 0 Å². The maximum atomic E-state index is 13.8. The number of likely N-dealkylation sites (N-methyl/N-ethyl adjacent to an activating group) is 1. The molecule has 11 heteroatoms. The van der Waals surface area contributed by atoms with E-state index in [9.17, 15) is 19.2 Å². The zero-order valence-corrected chi connectivity index (χ0v) is 27.4. The Morgan fingerprint density at radius 1 is 0.956 bits per heavy atom. The number of nitrogens with one attached hydrogen (secondary N) is 2. The minimum atomic E-state index is -0.623. The van der Waals surface area contributed by atoms with Gasteiger partial charge < -0.3 is 26.2 Å². The quantitative estimate of drug-likeness (QED) is 0.311. The van der Waals surface area contributed by atoms with Crippen molar-refractivity contribution in [3.05, 3.63) is 52.8 Å². The molecule has 0 radical (unpaired) electrons. The Morgan fingerprint density at radius 3 is 2.13 bits per heavy atom. The summed E-state index contributed by atoms with van der Waals surface area (Å²) in [6, 6.07) is 8.82. The second kappa shape index (κ2) is 16.0. The van der Waals surface area contributed by atoms with E-state index in [1.165, 1.54) is 0 Å². The van der Waals surface area contributed by atoms with Crippen LogP contribution in [0.25, 0.3) is 0 Å². The molecule has 11 nitrogen and oxygen atoms in total. The SMILES string of the molecule is CCC(=O)N[C@H](Cc1ccc(CNC(=O)[C@H](c2cc(C(N)=O)n(C(C)C)n2)C2CCCCCC2)cc1)C(=O)N1CCN(C)CC1. The van der Waals surface area contributed by atoms with Gasteiger partial charge in [0.2, 0.25) is 17.7 Å². The van der Waals surface area contributed by atoms with Crippen LogP contribution in [0.4, 0.5) is 0 Å². The number of hydrogen-bond donors (Lipinski definition) is 3. The number of carbonyl (C=O) groups is 4. The molecule has 1 aromatic heterocycles. The Morgan fingerprint density at radius 2 is 1.58 bits per heavy atom. The number of nitrogens with zero attached hydrogens (tertiary/aromatic N) is 4. The van der Waals surface area contributed by atoms with Crippen molar-refractivity contribution in [1.29, 1.82) is 0 Å². The number of benzene rings is 1. The highest BCUT2D eigenvalue weighted by molar-refractivity contribution is 5.92. The van der Waals surface area contributed by atoms with Crippen LogP contribution in [0.3, 0.4) is 0 Å². The third-order valence-electron chi connectivity index (χ3n) is 9.17. The molecule has 45 heavy (non-hydrogen) atoms. The predicted octanol–water partition coefficient (Wildman–Crippen LogP) is 3.14. The van der Waals surface area contributed by atoms with Crippen molar-refractivity contribution in [3.63, 3.8) is 0 Å². The molecule has 0 spiro atoms. The molecular formula is C34H51N7O4. The van der Waals surface area contributed by atoms with E-state index in [-0.39, 0.29) is 29.7 Å². The topological polar surface area (TPSA) is 143 Å². The molecule has 1 aliphatic carbocycles. The van der Waals surface area contributed by atoms with Crippen molar-refractivity contribution in [2.45, 2.75) is 96.7 Å². The monoisotopic (exact) mass is 621 g/mol. The van der Waals surface area contributed by atoms with Gasteiger partial charge in [-0.25, -0.2) is 0 Å². The van der Waals surface area contributed by atoms with Gasteiger partial charge in [0.25, 0.3) is 5.91 Å². The maximum Gasteiger partial charge on any atom is 0.266 e. The minimum absolute atomic E-state index is 0.0507. The summed E-state index contributed by atoms with van der Waals surface area (Å²) in [5.41, 5.74) is 8.45. The summed E-state index contributed by atoms with van der Waals surface area (Å²) in [4.78, 5) is 55.7. The van der Waals surface area contributed by atoms with Crippen molar-refractivity contribution >= 4 is 23.6 Å². The molecule has 1 saturated heterocycles. The lowest BCUT2D eigenvalue weighted by Gasteiger charge is -2.34. The Labute approximate surface area is 267 Å². The van der Waals surface area contributed by atoms with Crippen molar-refractivity contribution in [1.82, 2.24) is 30.2 Å². The summed E-state index contributed by atoms with van der Waals surface area (Å²) in [6.07, 6.45) is 7.05. The van der Waals surface area contributed by atoms with Crippen LogP contribution in [0.2, 0.25) is 0 Å². The highest BCUT2D eigenvalue weighted by Gasteiger charge is 2.34. The van der Waals surface area contributed by atoms with Crippen LogP contribution in [0.15, 0.2) is 30.3 Å². The van der Waals surface area contributed by atoms with Crippen molar-refractivity contribution in [2.24, 2.45) is 11.7 Å². The predicted molar refractivity (Wildman–Crippen MR) is 173 cm³/mol. The highest BCUT2D eigenvalue weighted by atomic mass is 16.2. The molecule has 0 bridgehead atoms. The van der Waals surface area contributed by atoms with Gasteiger partial charge in [-0.15, -0.1) is 0 Å². The summed E-state index contributed by atoms with van der Waals surface area (Å²) in [6.45, 7) is 8.93. The Bertz CT molecular complexity index is 1310. The smallest absolute Gasteiger partial charge is 0.266 e. The molecule has 2 aliphatic rings. The van der Waals surface area contributed by atoms with Crippen LogP contribution in [0, 0.1) is 5.92 Å². The third kappa shape index (κ3) is 9.15. The Balaban J connectivity index is 1.45. The molecule has 1 aliphatic heterocycles. The second-order valence-corrected chi connectivity index (χ2v) is 12.9. The number of nitrogens with two attached hydrogens (primary N) is 1. The lowest BCUT2D eigenvalue weighted by atomic mass is 9.83. The fourth-order valence-electron chi connectivity index (χ4n) is 6.45. The third-order valence-corrected chi connectivity index (χ3v) is 9.17. The van der Waals surface area contributed by atoms with E-state index in [0.29, 0.717) is 43.9 Å². The first-order valence-corrected chi connectivity index (χ1v) is 16.6. The van der Waals surface area contributed by atoms with E-state index in [1.54, 1.807) is 17.7 Å². The molecular weight excluding hydrogens is 570 g/mol. The molecule has 1 aromatic carbocycles. The molecule has 2 atom stereocenters. The van der Waals surface area contributed by atoms with Crippen molar-refractivity contribution in [3.8, 4) is 0 Å². The molecule has 0 unspecified atom stereocenters. The normalized spacial score (nSPS) is 17.8. The molecule has 4 amide bonds. The van der Waals surface area contributed by atoms with Crippen molar-refractivity contribution in [2.75, 3.05) is 33.2 Å². The summed E-state index contributed by atoms with van der Waals surface area (Å²) < 4.78 is 1.62. The summed E-state index contributed by atoms with van der Waals surface area (Å²) in [5, 5.41) is 10.8. The number of rotatable bonds is 12. The molecule has 4 N–H and O–H groups in total. The first-order valence-electron chi connectivity index (χ1n) is 16.6. The molecule has 246 valence electrons. The fraction of sp³-hybridized carbons (Fsp3) is 0.618. The van der Waals surface area contributed by atoms with Gasteiger partial charge in [0.1, 0.15) is 11.7 Å². The lowest BCUT2D eigenvalue weighted by Crippen LogP contribution is -2.54. The highest BCUT2D eigenvalue weighted by Crippen LogP contribution is 2.36. The number of piperazine rings is 1. The molecule has 4 rings (SSSR count). The van der Waals surface area contributed by atoms with Crippen molar-refractivity contribution < 1.29 is 19.2 Å². The van der Waals surface area contributed by atoms with Crippen LogP contribution in [-0.4, -0.2) is 82.5 Å². The van der Waals surface area contributed by atoms with Gasteiger partial charge in [-0.2, -0.15) is 5.10 Å². The maximum absolute atomic E-state index is 13.8. The van der Waals surface area contributed by atoms with Crippen LogP contribution in [0.1, 0.15) is 105 Å². The first kappa shape index (κ1) is 34.1. The van der Waals surface area contributed by atoms with Gasteiger partial charge in [0.05, 0.1) is 11.6 Å². The van der Waals surface area contributed by atoms with Gasteiger partial charge in [0, 0.05) is 51.6 Å². The first-order chi connectivity index (χ1) is 21.6. The number of primary amides is 1. The van der Waals surface area contributed by atoms with E-state index in [1.807, 2.05) is 50.1 Å². The minimum Gasteiger partial charge on any atom is -0.364 e. The second-order valence-electron chi connectivity index (χ2n) is 12.9. The van der Waals surface area contributed by atoms with Gasteiger partial charge >= 0.3 is 0 Å². The Hall–Kier alpha value is -3.73. The number of amides is 4. The van der Waals surface area contributed by atoms with Crippen LogP contribution in [0.5, 0.6) is 0 Å². The van der Waals surface area contributed by atoms with Crippen LogP contribution >= 0.6 is 0 Å². The average molecular weight is 622 g/mol. The van der Waals surface area contributed by atoms with E-state index in [4.69, 9.17) is 10.8 Å². The summed E-state index contributed by atoms with van der Waals surface area (Å²) in [5.74, 6) is -1.18. The zero-order chi connectivity index (χ0) is 32.5. The summed E-state index contributed by atoms with van der Waals surface area (Å²) in [7, 11) is 2.04. The number of carbonyl (C=O) groups excluding carboxylic acids is 4. The van der Waals surface area contributed by atoms with E-state index in [2.05, 4.69) is 15.5 Å². The van der Waals surface area contributed by atoms with Gasteiger partial charge in [-0.05, 0) is 56.8 Å². The zero-order valence-electron chi connectivity index (χ0n) is 27.4. The number of hydrogen-bond acceptors (Lipinski definition) is 6. The standard InChI is InChI=1S/C34H51N7O4/c1-5-30(42)37-28(34(45)40-18-16-39(4)17-19-40)20-24-12-14-25(15-13-24)22-36-33(44)31(26-10-8-6-7-9-11-26)27-21-29(32(35)43)41(38-27)23(2)3/h12-15,21,23,26,28,31H,5-11,16-20,22H2,1-4H3,(H2,35,43)(H,36,44)(H,37,42)/t28-,31+/m1/s1.